The lowest BCUT2D eigenvalue weighted by atomic mass is 10.1. The van der Waals surface area contributed by atoms with Gasteiger partial charge in [0, 0.05) is 26.2 Å². The van der Waals surface area contributed by atoms with E-state index in [0.29, 0.717) is 32.6 Å². The van der Waals surface area contributed by atoms with E-state index in [1.807, 2.05) is 6.92 Å². The molecule has 6 nitrogen and oxygen atoms in total. The SMILES string of the molecule is CCC[C@@H](N)C(=O)N1CCN(C(=O)OC)CC1. The van der Waals surface area contributed by atoms with Gasteiger partial charge in [-0.25, -0.2) is 4.79 Å². The van der Waals surface area contributed by atoms with Crippen LogP contribution in [0.2, 0.25) is 0 Å². The van der Waals surface area contributed by atoms with Gasteiger partial charge >= 0.3 is 6.09 Å². The summed E-state index contributed by atoms with van der Waals surface area (Å²) < 4.78 is 4.63. The molecule has 2 N–H and O–H groups in total. The van der Waals surface area contributed by atoms with Gasteiger partial charge < -0.3 is 20.3 Å². The van der Waals surface area contributed by atoms with Crippen molar-refractivity contribution in [1.29, 1.82) is 0 Å². The van der Waals surface area contributed by atoms with Crippen molar-refractivity contribution in [1.82, 2.24) is 9.80 Å². The highest BCUT2D eigenvalue weighted by molar-refractivity contribution is 5.82. The van der Waals surface area contributed by atoms with E-state index in [0.717, 1.165) is 6.42 Å². The lowest BCUT2D eigenvalue weighted by molar-refractivity contribution is -0.134. The van der Waals surface area contributed by atoms with Gasteiger partial charge in [0.25, 0.3) is 0 Å². The Labute approximate surface area is 102 Å². The van der Waals surface area contributed by atoms with E-state index < -0.39 is 6.04 Å². The second-order valence-corrected chi connectivity index (χ2v) is 4.18. The Bertz CT molecular complexity index is 275. The molecule has 0 unspecified atom stereocenters. The van der Waals surface area contributed by atoms with Crippen LogP contribution in [0.3, 0.4) is 0 Å². The second-order valence-electron chi connectivity index (χ2n) is 4.18. The highest BCUT2D eigenvalue weighted by Gasteiger charge is 2.26. The standard InChI is InChI=1S/C11H21N3O3/c1-3-4-9(12)10(15)13-5-7-14(8-6-13)11(16)17-2/h9H,3-8,12H2,1-2H3/t9-/m1/s1. The lowest BCUT2D eigenvalue weighted by Crippen LogP contribution is -2.54. The Balaban J connectivity index is 2.41. The van der Waals surface area contributed by atoms with Gasteiger partial charge in [0.05, 0.1) is 13.2 Å². The summed E-state index contributed by atoms with van der Waals surface area (Å²) in [6, 6.07) is -0.412. The number of rotatable bonds is 3. The van der Waals surface area contributed by atoms with E-state index in [2.05, 4.69) is 4.74 Å². The van der Waals surface area contributed by atoms with Crippen molar-refractivity contribution in [3.05, 3.63) is 0 Å². The zero-order valence-corrected chi connectivity index (χ0v) is 10.5. The fourth-order valence-corrected chi connectivity index (χ4v) is 1.91. The molecule has 1 aliphatic rings. The molecule has 0 aliphatic carbocycles. The molecule has 0 spiro atoms. The molecule has 1 heterocycles. The van der Waals surface area contributed by atoms with E-state index in [4.69, 9.17) is 5.73 Å². The summed E-state index contributed by atoms with van der Waals surface area (Å²) >= 11 is 0. The summed E-state index contributed by atoms with van der Waals surface area (Å²) in [6.07, 6.45) is 1.26. The summed E-state index contributed by atoms with van der Waals surface area (Å²) in [5, 5.41) is 0. The molecule has 1 atom stereocenters. The smallest absolute Gasteiger partial charge is 0.409 e. The molecule has 0 aromatic carbocycles. The third-order valence-electron chi connectivity index (χ3n) is 2.94. The minimum atomic E-state index is -0.412. The Kier molecular flexibility index (Phi) is 5.21. The first kappa shape index (κ1) is 13.8. The molecule has 6 heteroatoms. The first-order chi connectivity index (χ1) is 8.10. The number of amides is 2. The third-order valence-corrected chi connectivity index (χ3v) is 2.94. The maximum atomic E-state index is 11.9. The molecule has 17 heavy (non-hydrogen) atoms. The zero-order chi connectivity index (χ0) is 12.8. The van der Waals surface area contributed by atoms with Crippen LogP contribution in [-0.4, -0.2) is 61.1 Å². The molecule has 0 bridgehead atoms. The molecule has 1 rings (SSSR count). The summed E-state index contributed by atoms with van der Waals surface area (Å²) in [7, 11) is 1.36. The molecule has 2 amide bonds. The van der Waals surface area contributed by atoms with Crippen LogP contribution in [0, 0.1) is 0 Å². The lowest BCUT2D eigenvalue weighted by Gasteiger charge is -2.35. The van der Waals surface area contributed by atoms with Crippen LogP contribution in [0.25, 0.3) is 0 Å². The molecule has 0 aromatic rings. The minimum Gasteiger partial charge on any atom is -0.453 e. The van der Waals surface area contributed by atoms with Crippen LogP contribution in [0.4, 0.5) is 4.79 Å². The van der Waals surface area contributed by atoms with Crippen molar-refractivity contribution in [3.8, 4) is 0 Å². The average Bonchev–Trinajstić information content (AvgIpc) is 2.37. The first-order valence-electron chi connectivity index (χ1n) is 5.97. The molecular formula is C11H21N3O3. The van der Waals surface area contributed by atoms with Gasteiger partial charge in [-0.05, 0) is 6.42 Å². The predicted molar refractivity (Wildman–Crippen MR) is 63.4 cm³/mol. The number of methoxy groups -OCH3 is 1. The number of nitrogens with zero attached hydrogens (tertiary/aromatic N) is 2. The van der Waals surface area contributed by atoms with Crippen molar-refractivity contribution < 1.29 is 14.3 Å². The highest BCUT2D eigenvalue weighted by Crippen LogP contribution is 2.06. The number of nitrogens with two attached hydrogens (primary N) is 1. The van der Waals surface area contributed by atoms with Crippen molar-refractivity contribution >= 4 is 12.0 Å². The fraction of sp³-hybridized carbons (Fsp3) is 0.818. The van der Waals surface area contributed by atoms with Crippen LogP contribution in [0.15, 0.2) is 0 Å². The van der Waals surface area contributed by atoms with Crippen molar-refractivity contribution in [2.45, 2.75) is 25.8 Å². The van der Waals surface area contributed by atoms with E-state index in [1.165, 1.54) is 7.11 Å². The third kappa shape index (κ3) is 3.59. The largest absolute Gasteiger partial charge is 0.453 e. The van der Waals surface area contributed by atoms with Crippen LogP contribution >= 0.6 is 0 Å². The van der Waals surface area contributed by atoms with Gasteiger partial charge in [-0.15, -0.1) is 0 Å². The zero-order valence-electron chi connectivity index (χ0n) is 10.5. The topological polar surface area (TPSA) is 75.9 Å². The Hall–Kier alpha value is -1.30. The summed E-state index contributed by atoms with van der Waals surface area (Å²) in [4.78, 5) is 26.5. The van der Waals surface area contributed by atoms with Crippen molar-refractivity contribution in [2.24, 2.45) is 5.73 Å². The van der Waals surface area contributed by atoms with Crippen LogP contribution < -0.4 is 5.73 Å². The number of piperazine rings is 1. The molecule has 1 fully saturated rings. The number of carbonyl (C=O) groups excluding carboxylic acids is 2. The molecule has 1 aliphatic heterocycles. The van der Waals surface area contributed by atoms with Crippen LogP contribution in [-0.2, 0) is 9.53 Å². The van der Waals surface area contributed by atoms with E-state index >= 15 is 0 Å². The molecule has 0 radical (unpaired) electrons. The van der Waals surface area contributed by atoms with E-state index in [9.17, 15) is 9.59 Å². The quantitative estimate of drug-likeness (QED) is 0.758. The van der Waals surface area contributed by atoms with E-state index in [-0.39, 0.29) is 12.0 Å². The molecule has 98 valence electrons. The summed E-state index contributed by atoms with van der Waals surface area (Å²) in [5.41, 5.74) is 5.78. The first-order valence-corrected chi connectivity index (χ1v) is 5.97. The summed E-state index contributed by atoms with van der Waals surface area (Å²) in [5.74, 6) is -0.0173. The minimum absolute atomic E-state index is 0.0173. The van der Waals surface area contributed by atoms with Gasteiger partial charge in [-0.1, -0.05) is 13.3 Å². The average molecular weight is 243 g/mol. The van der Waals surface area contributed by atoms with Crippen LogP contribution in [0.1, 0.15) is 19.8 Å². The molecule has 0 saturated carbocycles. The number of hydrogen-bond donors (Lipinski definition) is 1. The van der Waals surface area contributed by atoms with Gasteiger partial charge in [0.1, 0.15) is 0 Å². The van der Waals surface area contributed by atoms with Gasteiger partial charge in [0.15, 0.2) is 0 Å². The molecule has 0 aromatic heterocycles. The number of ether oxygens (including phenoxy) is 1. The molecular weight excluding hydrogens is 222 g/mol. The second kappa shape index (κ2) is 6.44. The number of hydrogen-bond acceptors (Lipinski definition) is 4. The van der Waals surface area contributed by atoms with Crippen molar-refractivity contribution in [2.75, 3.05) is 33.3 Å². The fourth-order valence-electron chi connectivity index (χ4n) is 1.91. The monoisotopic (exact) mass is 243 g/mol. The maximum Gasteiger partial charge on any atom is 0.409 e. The van der Waals surface area contributed by atoms with Crippen LogP contribution in [0.5, 0.6) is 0 Å². The Morgan fingerprint density at radius 1 is 1.24 bits per heavy atom. The Morgan fingerprint density at radius 2 is 1.76 bits per heavy atom. The predicted octanol–water partition coefficient (Wildman–Crippen LogP) is 0.0244. The van der Waals surface area contributed by atoms with Gasteiger partial charge in [-0.2, -0.15) is 0 Å². The maximum absolute atomic E-state index is 11.9. The van der Waals surface area contributed by atoms with E-state index in [1.54, 1.807) is 9.80 Å². The number of carbonyl (C=O) groups is 2. The Morgan fingerprint density at radius 3 is 2.24 bits per heavy atom. The molecule has 1 saturated heterocycles. The van der Waals surface area contributed by atoms with Gasteiger partial charge in [0.2, 0.25) is 5.91 Å². The summed E-state index contributed by atoms with van der Waals surface area (Å²) in [6.45, 7) is 4.09. The van der Waals surface area contributed by atoms with Crippen molar-refractivity contribution in [3.63, 3.8) is 0 Å². The van der Waals surface area contributed by atoms with Gasteiger partial charge in [-0.3, -0.25) is 4.79 Å². The highest BCUT2D eigenvalue weighted by atomic mass is 16.5. The normalized spacial score (nSPS) is 17.8.